The molecule has 1 aliphatic heterocycles. The number of thioether (sulfide) groups is 1. The van der Waals surface area contributed by atoms with Gasteiger partial charge in [-0.1, -0.05) is 49.4 Å². The van der Waals surface area contributed by atoms with Gasteiger partial charge in [0.25, 0.3) is 0 Å². The molecule has 1 aromatic carbocycles. The highest BCUT2D eigenvalue weighted by Crippen LogP contribution is 2.33. The molecular formula is C23H30ClN3S. The Hall–Kier alpha value is -1.23. The van der Waals surface area contributed by atoms with Crippen LogP contribution in [0.3, 0.4) is 0 Å². The summed E-state index contributed by atoms with van der Waals surface area (Å²) in [7, 11) is 0. The van der Waals surface area contributed by atoms with E-state index >= 15 is 0 Å². The molecule has 3 nitrogen and oxygen atoms in total. The lowest BCUT2D eigenvalue weighted by atomic mass is 10.0. The molecule has 5 heteroatoms. The SMILES string of the molecule is Clc1ccc2c(c1NCc1ccc(SC3CCCCCC3)nc1)CCNCC2. The van der Waals surface area contributed by atoms with Gasteiger partial charge in [0.1, 0.15) is 0 Å². The average Bonchev–Trinajstić information content (AvgIpc) is 3.11. The third-order valence-electron chi connectivity index (χ3n) is 5.84. The summed E-state index contributed by atoms with van der Waals surface area (Å²) in [4.78, 5) is 4.72. The Morgan fingerprint density at radius 2 is 1.86 bits per heavy atom. The first-order valence-corrected chi connectivity index (χ1v) is 11.9. The fourth-order valence-corrected chi connectivity index (χ4v) is 5.66. The van der Waals surface area contributed by atoms with E-state index in [2.05, 4.69) is 28.8 Å². The maximum Gasteiger partial charge on any atom is 0.0962 e. The van der Waals surface area contributed by atoms with Crippen molar-refractivity contribution < 1.29 is 0 Å². The van der Waals surface area contributed by atoms with Gasteiger partial charge in [0, 0.05) is 18.0 Å². The van der Waals surface area contributed by atoms with Crippen molar-refractivity contribution in [1.82, 2.24) is 10.3 Å². The van der Waals surface area contributed by atoms with Crippen LogP contribution < -0.4 is 10.6 Å². The zero-order chi connectivity index (χ0) is 19.2. The molecule has 0 bridgehead atoms. The zero-order valence-electron chi connectivity index (χ0n) is 16.5. The van der Waals surface area contributed by atoms with Gasteiger partial charge >= 0.3 is 0 Å². The van der Waals surface area contributed by atoms with Gasteiger partial charge in [-0.15, -0.1) is 11.8 Å². The number of pyridine rings is 1. The van der Waals surface area contributed by atoms with Crippen LogP contribution in [-0.4, -0.2) is 23.3 Å². The Morgan fingerprint density at radius 3 is 2.64 bits per heavy atom. The van der Waals surface area contributed by atoms with Crippen LogP contribution in [-0.2, 0) is 19.4 Å². The number of hydrogen-bond donors (Lipinski definition) is 2. The van der Waals surface area contributed by atoms with Crippen LogP contribution in [0.15, 0.2) is 35.5 Å². The number of halogens is 1. The molecule has 1 aromatic heterocycles. The number of nitrogens with zero attached hydrogens (tertiary/aromatic N) is 1. The first-order chi connectivity index (χ1) is 13.8. The quantitative estimate of drug-likeness (QED) is 0.600. The second-order valence-electron chi connectivity index (χ2n) is 7.90. The number of benzene rings is 1. The average molecular weight is 416 g/mol. The highest BCUT2D eigenvalue weighted by molar-refractivity contribution is 7.99. The Kier molecular flexibility index (Phi) is 7.16. The number of hydrogen-bond acceptors (Lipinski definition) is 4. The summed E-state index contributed by atoms with van der Waals surface area (Å²) in [6.45, 7) is 2.81. The highest BCUT2D eigenvalue weighted by Gasteiger charge is 2.16. The lowest BCUT2D eigenvalue weighted by Gasteiger charge is -2.16. The van der Waals surface area contributed by atoms with Crippen LogP contribution in [0.4, 0.5) is 5.69 Å². The van der Waals surface area contributed by atoms with Gasteiger partial charge in [0.2, 0.25) is 0 Å². The summed E-state index contributed by atoms with van der Waals surface area (Å²) < 4.78 is 0. The van der Waals surface area contributed by atoms with E-state index in [0.29, 0.717) is 0 Å². The number of nitrogens with one attached hydrogen (secondary N) is 2. The van der Waals surface area contributed by atoms with Crippen molar-refractivity contribution in [2.45, 2.75) is 68.2 Å². The minimum absolute atomic E-state index is 0.742. The summed E-state index contributed by atoms with van der Waals surface area (Å²) >= 11 is 8.49. The van der Waals surface area contributed by atoms with E-state index in [0.717, 1.165) is 53.5 Å². The molecular weight excluding hydrogens is 386 g/mol. The lowest BCUT2D eigenvalue weighted by Crippen LogP contribution is -2.16. The third-order valence-corrected chi connectivity index (χ3v) is 7.44. The van der Waals surface area contributed by atoms with Crippen molar-refractivity contribution in [3.05, 3.63) is 52.2 Å². The van der Waals surface area contributed by atoms with Gasteiger partial charge in [0.05, 0.1) is 15.7 Å². The van der Waals surface area contributed by atoms with Crippen molar-refractivity contribution in [3.63, 3.8) is 0 Å². The van der Waals surface area contributed by atoms with E-state index in [-0.39, 0.29) is 0 Å². The molecule has 0 saturated heterocycles. The molecule has 2 aliphatic rings. The standard InChI is InChI=1S/C23H30ClN3S/c24-21-9-8-18-11-13-25-14-12-20(18)23(21)27-16-17-7-10-22(26-15-17)28-19-5-3-1-2-4-6-19/h7-10,15,19,25,27H,1-6,11-14,16H2. The first kappa shape index (κ1) is 20.1. The van der Waals surface area contributed by atoms with E-state index in [1.165, 1.54) is 55.2 Å². The van der Waals surface area contributed by atoms with E-state index in [4.69, 9.17) is 16.6 Å². The third kappa shape index (κ3) is 5.22. The molecule has 0 unspecified atom stereocenters. The molecule has 2 N–H and O–H groups in total. The van der Waals surface area contributed by atoms with E-state index in [1.807, 2.05) is 24.0 Å². The number of aromatic nitrogens is 1. The Labute approximate surface area is 178 Å². The Balaban J connectivity index is 1.39. The van der Waals surface area contributed by atoms with Crippen LogP contribution in [0.2, 0.25) is 5.02 Å². The molecule has 4 rings (SSSR count). The predicted molar refractivity (Wildman–Crippen MR) is 121 cm³/mol. The van der Waals surface area contributed by atoms with E-state index in [1.54, 1.807) is 0 Å². The van der Waals surface area contributed by atoms with E-state index < -0.39 is 0 Å². The molecule has 28 heavy (non-hydrogen) atoms. The topological polar surface area (TPSA) is 37.0 Å². The minimum atomic E-state index is 0.742. The molecule has 0 spiro atoms. The minimum Gasteiger partial charge on any atom is -0.379 e. The first-order valence-electron chi connectivity index (χ1n) is 10.7. The second kappa shape index (κ2) is 10.00. The molecule has 1 saturated carbocycles. The summed E-state index contributed by atoms with van der Waals surface area (Å²) in [5, 5.41) is 9.78. The summed E-state index contributed by atoms with van der Waals surface area (Å²) in [5.74, 6) is 0. The van der Waals surface area contributed by atoms with Crippen molar-refractivity contribution in [3.8, 4) is 0 Å². The number of rotatable bonds is 5. The van der Waals surface area contributed by atoms with Gasteiger partial charge in [-0.25, -0.2) is 4.98 Å². The smallest absolute Gasteiger partial charge is 0.0962 e. The zero-order valence-corrected chi connectivity index (χ0v) is 18.0. The molecule has 0 radical (unpaired) electrons. The molecule has 150 valence electrons. The van der Waals surface area contributed by atoms with Gasteiger partial charge < -0.3 is 10.6 Å². The Morgan fingerprint density at radius 1 is 1.04 bits per heavy atom. The van der Waals surface area contributed by atoms with Gasteiger partial charge in [-0.05, 0) is 67.6 Å². The van der Waals surface area contributed by atoms with Crippen LogP contribution in [0.1, 0.15) is 55.2 Å². The monoisotopic (exact) mass is 415 g/mol. The fourth-order valence-electron chi connectivity index (χ4n) is 4.24. The molecule has 1 aliphatic carbocycles. The summed E-state index contributed by atoms with van der Waals surface area (Å²) in [5.41, 5.74) is 5.07. The molecule has 2 aromatic rings. The maximum absolute atomic E-state index is 6.53. The fraction of sp³-hybridized carbons (Fsp3) is 0.522. The number of anilines is 1. The van der Waals surface area contributed by atoms with E-state index in [9.17, 15) is 0 Å². The van der Waals surface area contributed by atoms with Gasteiger partial charge in [-0.2, -0.15) is 0 Å². The Bertz CT molecular complexity index is 770. The van der Waals surface area contributed by atoms with Crippen molar-refractivity contribution >= 4 is 29.1 Å². The van der Waals surface area contributed by atoms with Gasteiger partial charge in [0.15, 0.2) is 0 Å². The summed E-state index contributed by atoms with van der Waals surface area (Å²) in [6, 6.07) is 8.59. The van der Waals surface area contributed by atoms with Crippen LogP contribution in [0.25, 0.3) is 0 Å². The van der Waals surface area contributed by atoms with Crippen LogP contribution in [0.5, 0.6) is 0 Å². The largest absolute Gasteiger partial charge is 0.379 e. The van der Waals surface area contributed by atoms with Gasteiger partial charge in [-0.3, -0.25) is 0 Å². The summed E-state index contributed by atoms with van der Waals surface area (Å²) in [6.07, 6.45) is 12.3. The predicted octanol–water partition coefficient (Wildman–Crippen LogP) is 5.85. The van der Waals surface area contributed by atoms with Crippen molar-refractivity contribution in [1.29, 1.82) is 0 Å². The molecule has 0 atom stereocenters. The molecule has 0 amide bonds. The van der Waals surface area contributed by atoms with Crippen molar-refractivity contribution in [2.24, 2.45) is 0 Å². The van der Waals surface area contributed by atoms with Crippen LogP contribution in [0, 0.1) is 0 Å². The second-order valence-corrected chi connectivity index (χ2v) is 9.63. The highest BCUT2D eigenvalue weighted by atomic mass is 35.5. The maximum atomic E-state index is 6.53. The van der Waals surface area contributed by atoms with Crippen LogP contribution >= 0.6 is 23.4 Å². The normalized spacial score (nSPS) is 18.2. The number of fused-ring (bicyclic) bond motifs is 1. The lowest BCUT2D eigenvalue weighted by molar-refractivity contribution is 0.702. The molecule has 1 fully saturated rings. The molecule has 2 heterocycles. The van der Waals surface area contributed by atoms with Crippen molar-refractivity contribution in [2.75, 3.05) is 18.4 Å².